The molecule has 1 aliphatic rings. The Labute approximate surface area is 159 Å². The van der Waals surface area contributed by atoms with Gasteiger partial charge in [-0.15, -0.1) is 0 Å². The third-order valence-electron chi connectivity index (χ3n) is 4.93. The molecule has 1 fully saturated rings. The number of benzene rings is 1. The number of nitrogens with zero attached hydrogens (tertiary/aromatic N) is 4. The van der Waals surface area contributed by atoms with Crippen molar-refractivity contribution in [2.45, 2.75) is 31.1 Å². The van der Waals surface area contributed by atoms with Gasteiger partial charge in [-0.2, -0.15) is 4.98 Å². The summed E-state index contributed by atoms with van der Waals surface area (Å²) >= 11 is 0. The summed E-state index contributed by atoms with van der Waals surface area (Å²) in [6.07, 6.45) is -2.05. The lowest BCUT2D eigenvalue weighted by Gasteiger charge is -2.18. The van der Waals surface area contributed by atoms with Crippen LogP contribution in [0.3, 0.4) is 0 Å². The lowest BCUT2D eigenvalue weighted by molar-refractivity contribution is -0.0535. The summed E-state index contributed by atoms with van der Waals surface area (Å²) in [5.41, 5.74) is 6.87. The maximum absolute atomic E-state index is 12.9. The molecule has 3 heterocycles. The maximum Gasteiger partial charge on any atom is 0.283 e. The van der Waals surface area contributed by atoms with Gasteiger partial charge >= 0.3 is 0 Å². The minimum Gasteiger partial charge on any atom is -0.394 e. The summed E-state index contributed by atoms with van der Waals surface area (Å²) in [7, 11) is 1.42. The number of hydrogen-bond donors (Lipinski definition) is 3. The van der Waals surface area contributed by atoms with Crippen LogP contribution >= 0.6 is 0 Å². The summed E-state index contributed by atoms with van der Waals surface area (Å²) in [6, 6.07) is 9.41. The zero-order valence-electron chi connectivity index (χ0n) is 15.2. The first-order valence-electron chi connectivity index (χ1n) is 8.79. The van der Waals surface area contributed by atoms with Gasteiger partial charge in [0.2, 0.25) is 5.95 Å². The molecule has 0 saturated carbocycles. The highest BCUT2D eigenvalue weighted by molar-refractivity contribution is 5.71. The number of fused-ring (bicyclic) bond motifs is 1. The van der Waals surface area contributed by atoms with Crippen molar-refractivity contribution in [3.63, 3.8) is 0 Å². The molecular formula is C18H21N5O5. The second-order valence-corrected chi connectivity index (χ2v) is 6.61. The molecule has 4 rings (SSSR count). The van der Waals surface area contributed by atoms with Crippen molar-refractivity contribution in [1.29, 1.82) is 0 Å². The van der Waals surface area contributed by atoms with Crippen molar-refractivity contribution in [3.8, 4) is 0 Å². The molecule has 10 nitrogen and oxygen atoms in total. The quantitative estimate of drug-likeness (QED) is 0.532. The van der Waals surface area contributed by atoms with E-state index in [2.05, 4.69) is 9.97 Å². The van der Waals surface area contributed by atoms with E-state index in [4.69, 9.17) is 15.2 Å². The maximum atomic E-state index is 12.9. The molecule has 28 heavy (non-hydrogen) atoms. The largest absolute Gasteiger partial charge is 0.394 e. The predicted octanol–water partition coefficient (Wildman–Crippen LogP) is -0.511. The second kappa shape index (κ2) is 7.32. The molecule has 4 N–H and O–H groups in total. The van der Waals surface area contributed by atoms with Crippen molar-refractivity contribution in [1.82, 2.24) is 19.1 Å². The summed E-state index contributed by atoms with van der Waals surface area (Å²) in [5, 5.41) is 20.0. The number of ether oxygens (including phenoxy) is 2. The molecule has 1 aliphatic heterocycles. The third-order valence-corrected chi connectivity index (χ3v) is 4.93. The number of imidazole rings is 1. The first kappa shape index (κ1) is 18.6. The molecule has 0 radical (unpaired) electrons. The van der Waals surface area contributed by atoms with Gasteiger partial charge in [0.25, 0.3) is 5.56 Å². The van der Waals surface area contributed by atoms with Crippen LogP contribution in [0.1, 0.15) is 11.8 Å². The number of aliphatic hydroxyl groups is 2. The van der Waals surface area contributed by atoms with E-state index in [0.717, 1.165) is 5.56 Å². The fourth-order valence-corrected chi connectivity index (χ4v) is 3.51. The Balaban J connectivity index is 1.75. The van der Waals surface area contributed by atoms with E-state index >= 15 is 0 Å². The predicted molar refractivity (Wildman–Crippen MR) is 99.5 cm³/mol. The number of anilines is 1. The Hall–Kier alpha value is -2.79. The van der Waals surface area contributed by atoms with E-state index in [1.54, 1.807) is 0 Å². The Bertz CT molecular complexity index is 1030. The number of rotatable bonds is 5. The second-order valence-electron chi connectivity index (χ2n) is 6.61. The van der Waals surface area contributed by atoms with Crippen molar-refractivity contribution < 1.29 is 19.7 Å². The molecule has 1 saturated heterocycles. The molecule has 0 aliphatic carbocycles. The van der Waals surface area contributed by atoms with Crippen LogP contribution in [-0.2, 0) is 16.0 Å². The lowest BCUT2D eigenvalue weighted by Crippen LogP contribution is -2.35. The first-order chi connectivity index (χ1) is 13.5. The van der Waals surface area contributed by atoms with E-state index in [1.165, 1.54) is 22.6 Å². The minimum absolute atomic E-state index is 0.0255. The summed E-state index contributed by atoms with van der Waals surface area (Å²) in [6.45, 7) is -0.0552. The van der Waals surface area contributed by atoms with Crippen LogP contribution in [0.2, 0.25) is 0 Å². The summed E-state index contributed by atoms with van der Waals surface area (Å²) in [5.74, 6) is 0.0255. The highest BCUT2D eigenvalue weighted by atomic mass is 16.6. The highest BCUT2D eigenvalue weighted by Gasteiger charge is 2.45. The molecule has 2 aromatic heterocycles. The molecule has 1 aromatic carbocycles. The molecule has 0 unspecified atom stereocenters. The van der Waals surface area contributed by atoms with E-state index < -0.39 is 24.5 Å². The number of nitrogens with two attached hydrogens (primary N) is 1. The van der Waals surface area contributed by atoms with Gasteiger partial charge in [-0.05, 0) is 5.56 Å². The van der Waals surface area contributed by atoms with Gasteiger partial charge in [-0.25, -0.2) is 4.98 Å². The number of aromatic nitrogens is 4. The van der Waals surface area contributed by atoms with Gasteiger partial charge in [0.15, 0.2) is 17.4 Å². The van der Waals surface area contributed by atoms with Gasteiger partial charge in [0, 0.05) is 7.11 Å². The first-order valence-corrected chi connectivity index (χ1v) is 8.79. The van der Waals surface area contributed by atoms with Crippen molar-refractivity contribution in [2.24, 2.45) is 0 Å². The standard InChI is InChI=1S/C18H21N5O5/c1-27-14-11(8-24)28-17(13(14)25)23-9-20-12-15(23)21-18(19)22(16(12)26)7-10-5-3-2-4-6-10/h2-6,9,11,13-14,17,24-25H,7-8H2,1H3,(H2,19,21)/t11-,13-,14-,17-/m1/s1. The van der Waals surface area contributed by atoms with Crippen LogP contribution in [0.15, 0.2) is 41.5 Å². The smallest absolute Gasteiger partial charge is 0.283 e. The molecule has 10 heteroatoms. The highest BCUT2D eigenvalue weighted by Crippen LogP contribution is 2.32. The van der Waals surface area contributed by atoms with E-state index in [1.807, 2.05) is 30.3 Å². The zero-order valence-corrected chi connectivity index (χ0v) is 15.2. The number of aliphatic hydroxyl groups excluding tert-OH is 2. The normalized spacial score (nSPS) is 24.8. The molecular weight excluding hydrogens is 366 g/mol. The van der Waals surface area contributed by atoms with Gasteiger partial charge < -0.3 is 25.4 Å². The van der Waals surface area contributed by atoms with E-state index in [9.17, 15) is 15.0 Å². The third kappa shape index (κ3) is 2.96. The Morgan fingerprint density at radius 2 is 2.07 bits per heavy atom. The summed E-state index contributed by atoms with van der Waals surface area (Å²) in [4.78, 5) is 21.4. The fraction of sp³-hybridized carbons (Fsp3) is 0.389. The SMILES string of the molecule is CO[C@H]1[C@@H](O)[C@H](n2cnc3c(=O)n(Cc4ccccc4)c(N)nc32)O[C@@H]1CO. The van der Waals surface area contributed by atoms with Crippen LogP contribution in [0.4, 0.5) is 5.95 Å². The lowest BCUT2D eigenvalue weighted by atomic mass is 10.1. The molecule has 148 valence electrons. The van der Waals surface area contributed by atoms with Crippen molar-refractivity contribution in [2.75, 3.05) is 19.5 Å². The van der Waals surface area contributed by atoms with Gasteiger partial charge in [0.05, 0.1) is 19.5 Å². The topological polar surface area (TPSA) is 138 Å². The number of hydrogen-bond acceptors (Lipinski definition) is 8. The van der Waals surface area contributed by atoms with Crippen molar-refractivity contribution >= 4 is 17.1 Å². The molecule has 0 spiro atoms. The van der Waals surface area contributed by atoms with Crippen molar-refractivity contribution in [3.05, 3.63) is 52.6 Å². The molecule has 0 amide bonds. The monoisotopic (exact) mass is 387 g/mol. The van der Waals surface area contributed by atoms with Crippen LogP contribution < -0.4 is 11.3 Å². The zero-order chi connectivity index (χ0) is 19.8. The van der Waals surface area contributed by atoms with Crippen LogP contribution in [0.5, 0.6) is 0 Å². The van der Waals surface area contributed by atoms with Crippen LogP contribution in [-0.4, -0.2) is 61.3 Å². The minimum atomic E-state index is -1.07. The molecule has 0 bridgehead atoms. The number of nitrogen functional groups attached to an aromatic ring is 1. The average molecular weight is 387 g/mol. The molecule has 3 aromatic rings. The fourth-order valence-electron chi connectivity index (χ4n) is 3.51. The Morgan fingerprint density at radius 3 is 2.71 bits per heavy atom. The number of methoxy groups -OCH3 is 1. The Morgan fingerprint density at radius 1 is 1.32 bits per heavy atom. The average Bonchev–Trinajstić information content (AvgIpc) is 3.26. The molecule has 4 atom stereocenters. The Kier molecular flexibility index (Phi) is 4.85. The van der Waals surface area contributed by atoms with Gasteiger partial charge in [0.1, 0.15) is 18.3 Å². The van der Waals surface area contributed by atoms with Crippen LogP contribution in [0, 0.1) is 0 Å². The van der Waals surface area contributed by atoms with Gasteiger partial charge in [-0.3, -0.25) is 13.9 Å². The summed E-state index contributed by atoms with van der Waals surface area (Å²) < 4.78 is 13.7. The van der Waals surface area contributed by atoms with Gasteiger partial charge in [-0.1, -0.05) is 30.3 Å². The van der Waals surface area contributed by atoms with E-state index in [-0.39, 0.29) is 35.8 Å². The van der Waals surface area contributed by atoms with Crippen LogP contribution in [0.25, 0.3) is 11.2 Å². The van der Waals surface area contributed by atoms with E-state index in [0.29, 0.717) is 0 Å².